The van der Waals surface area contributed by atoms with E-state index in [-0.39, 0.29) is 0 Å². The van der Waals surface area contributed by atoms with Crippen LogP contribution in [0.15, 0.2) is 23.5 Å². The number of nitrogens with one attached hydrogen (secondary N) is 2. The summed E-state index contributed by atoms with van der Waals surface area (Å²) < 4.78 is 1.91. The van der Waals surface area contributed by atoms with Gasteiger partial charge in [-0.25, -0.2) is 0 Å². The first-order valence-corrected chi connectivity index (χ1v) is 7.29. The molecule has 0 amide bonds. The van der Waals surface area contributed by atoms with E-state index < -0.39 is 0 Å². The number of hydrogen-bond acceptors (Lipinski definition) is 2. The topological polar surface area (TPSA) is 54.2 Å². The van der Waals surface area contributed by atoms with Crippen molar-refractivity contribution >= 4 is 5.96 Å². The highest BCUT2D eigenvalue weighted by Gasteiger charge is 2.03. The third kappa shape index (κ3) is 6.27. The largest absolute Gasteiger partial charge is 0.357 e. The average Bonchev–Trinajstić information content (AvgIpc) is 2.93. The third-order valence-corrected chi connectivity index (χ3v) is 3.20. The van der Waals surface area contributed by atoms with E-state index in [0.717, 1.165) is 32.1 Å². The number of aromatic nitrogens is 2. The van der Waals surface area contributed by atoms with Crippen molar-refractivity contribution < 1.29 is 0 Å². The van der Waals surface area contributed by atoms with E-state index in [1.165, 1.54) is 12.8 Å². The molecule has 0 aromatic carbocycles. The predicted octanol–water partition coefficient (Wildman–Crippen LogP) is 1.87. The summed E-state index contributed by atoms with van der Waals surface area (Å²) in [6.45, 7) is 9.99. The monoisotopic (exact) mass is 265 g/mol. The molecule has 0 radical (unpaired) electrons. The fourth-order valence-electron chi connectivity index (χ4n) is 1.83. The quantitative estimate of drug-likeness (QED) is 0.557. The van der Waals surface area contributed by atoms with Gasteiger partial charge in [0.2, 0.25) is 0 Å². The van der Waals surface area contributed by atoms with Crippen LogP contribution in [0, 0.1) is 5.92 Å². The van der Waals surface area contributed by atoms with Crippen LogP contribution in [0.1, 0.15) is 33.6 Å². The Morgan fingerprint density at radius 3 is 2.63 bits per heavy atom. The molecule has 0 aliphatic heterocycles. The smallest absolute Gasteiger partial charge is 0.191 e. The van der Waals surface area contributed by atoms with Gasteiger partial charge in [0.1, 0.15) is 0 Å². The Kier molecular flexibility index (Phi) is 7.70. The third-order valence-electron chi connectivity index (χ3n) is 3.20. The lowest BCUT2D eigenvalue weighted by Crippen LogP contribution is -2.39. The van der Waals surface area contributed by atoms with Crippen molar-refractivity contribution in [3.8, 4) is 0 Å². The maximum absolute atomic E-state index is 4.64. The van der Waals surface area contributed by atoms with Crippen molar-refractivity contribution in [1.29, 1.82) is 0 Å². The van der Waals surface area contributed by atoms with E-state index in [1.54, 1.807) is 6.20 Å². The highest BCUT2D eigenvalue weighted by molar-refractivity contribution is 5.79. The minimum Gasteiger partial charge on any atom is -0.357 e. The molecule has 108 valence electrons. The van der Waals surface area contributed by atoms with Crippen LogP contribution in [-0.4, -0.2) is 35.4 Å². The van der Waals surface area contributed by atoms with Crippen LogP contribution in [-0.2, 0) is 6.54 Å². The maximum Gasteiger partial charge on any atom is 0.191 e. The molecule has 0 unspecified atom stereocenters. The van der Waals surface area contributed by atoms with Crippen molar-refractivity contribution in [2.45, 2.75) is 40.2 Å². The normalized spacial score (nSPS) is 11.9. The first-order chi connectivity index (χ1) is 9.30. The molecule has 2 N–H and O–H groups in total. The number of aliphatic imine (C=N–C) groups is 1. The first-order valence-electron chi connectivity index (χ1n) is 7.29. The van der Waals surface area contributed by atoms with Crippen LogP contribution in [0.25, 0.3) is 0 Å². The van der Waals surface area contributed by atoms with Gasteiger partial charge in [-0.05, 0) is 18.9 Å². The van der Waals surface area contributed by atoms with Crippen LogP contribution in [0.2, 0.25) is 0 Å². The van der Waals surface area contributed by atoms with Crippen LogP contribution < -0.4 is 10.6 Å². The summed E-state index contributed by atoms with van der Waals surface area (Å²) in [4.78, 5) is 4.64. The summed E-state index contributed by atoms with van der Waals surface area (Å²) in [6, 6.07) is 1.94. The Balaban J connectivity index is 2.36. The molecule has 0 atom stereocenters. The number of rotatable bonds is 8. The fraction of sp³-hybridized carbons (Fsp3) is 0.714. The molecule has 1 aromatic heterocycles. The lowest BCUT2D eigenvalue weighted by Gasteiger charge is -2.14. The van der Waals surface area contributed by atoms with Gasteiger partial charge in [0.15, 0.2) is 5.96 Å². The van der Waals surface area contributed by atoms with Crippen molar-refractivity contribution in [2.75, 3.05) is 19.6 Å². The molecular formula is C14H27N5. The highest BCUT2D eigenvalue weighted by atomic mass is 15.3. The Bertz CT molecular complexity index is 341. The summed E-state index contributed by atoms with van der Waals surface area (Å²) in [6.07, 6.45) is 6.14. The zero-order valence-corrected chi connectivity index (χ0v) is 12.4. The van der Waals surface area contributed by atoms with Gasteiger partial charge in [0.25, 0.3) is 0 Å². The van der Waals surface area contributed by atoms with E-state index in [4.69, 9.17) is 0 Å². The Hall–Kier alpha value is -1.52. The predicted molar refractivity (Wildman–Crippen MR) is 80.3 cm³/mol. The van der Waals surface area contributed by atoms with Crippen LogP contribution in [0.4, 0.5) is 0 Å². The molecule has 0 saturated carbocycles. The second-order valence-corrected chi connectivity index (χ2v) is 4.60. The molecule has 1 aromatic rings. The minimum atomic E-state index is 0.682. The van der Waals surface area contributed by atoms with Gasteiger partial charge in [0, 0.05) is 32.0 Å². The van der Waals surface area contributed by atoms with Gasteiger partial charge < -0.3 is 10.6 Å². The molecule has 0 aliphatic rings. The molecule has 5 heteroatoms. The molecule has 0 spiro atoms. The van der Waals surface area contributed by atoms with E-state index >= 15 is 0 Å². The highest BCUT2D eigenvalue weighted by Crippen LogP contribution is 2.06. The van der Waals surface area contributed by atoms with Crippen LogP contribution in [0.3, 0.4) is 0 Å². The minimum absolute atomic E-state index is 0.682. The summed E-state index contributed by atoms with van der Waals surface area (Å²) in [5.74, 6) is 1.59. The summed E-state index contributed by atoms with van der Waals surface area (Å²) in [7, 11) is 0. The number of hydrogen-bond donors (Lipinski definition) is 2. The van der Waals surface area contributed by atoms with Crippen molar-refractivity contribution in [1.82, 2.24) is 20.4 Å². The zero-order valence-electron chi connectivity index (χ0n) is 12.4. The fourth-order valence-corrected chi connectivity index (χ4v) is 1.83. The lowest BCUT2D eigenvalue weighted by atomic mass is 10.0. The summed E-state index contributed by atoms with van der Waals surface area (Å²) in [5, 5.41) is 10.8. The van der Waals surface area contributed by atoms with Gasteiger partial charge in [-0.3, -0.25) is 9.67 Å². The first kappa shape index (κ1) is 15.5. The van der Waals surface area contributed by atoms with Crippen molar-refractivity contribution in [2.24, 2.45) is 10.9 Å². The van der Waals surface area contributed by atoms with Gasteiger partial charge >= 0.3 is 0 Å². The molecule has 19 heavy (non-hydrogen) atoms. The van der Waals surface area contributed by atoms with E-state index in [9.17, 15) is 0 Å². The van der Waals surface area contributed by atoms with Crippen LogP contribution in [0.5, 0.6) is 0 Å². The maximum atomic E-state index is 4.64. The molecule has 5 nitrogen and oxygen atoms in total. The summed E-state index contributed by atoms with van der Waals surface area (Å²) in [5.41, 5.74) is 0. The summed E-state index contributed by atoms with van der Waals surface area (Å²) >= 11 is 0. The Labute approximate surface area is 116 Å². The van der Waals surface area contributed by atoms with Gasteiger partial charge in [0.05, 0.1) is 6.54 Å². The Morgan fingerprint density at radius 2 is 2.05 bits per heavy atom. The van der Waals surface area contributed by atoms with E-state index in [2.05, 4.69) is 41.5 Å². The van der Waals surface area contributed by atoms with E-state index in [0.29, 0.717) is 5.92 Å². The van der Waals surface area contributed by atoms with E-state index in [1.807, 2.05) is 16.9 Å². The van der Waals surface area contributed by atoms with Crippen molar-refractivity contribution in [3.63, 3.8) is 0 Å². The molecular weight excluding hydrogens is 238 g/mol. The molecule has 1 heterocycles. The molecule has 1 rings (SSSR count). The Morgan fingerprint density at radius 1 is 1.26 bits per heavy atom. The van der Waals surface area contributed by atoms with Gasteiger partial charge in [-0.1, -0.05) is 26.7 Å². The second kappa shape index (κ2) is 9.42. The zero-order chi connectivity index (χ0) is 13.9. The molecule has 0 saturated heterocycles. The molecule has 0 fully saturated rings. The van der Waals surface area contributed by atoms with Gasteiger partial charge in [-0.15, -0.1) is 0 Å². The standard InChI is InChI=1S/C14H27N5/c1-4-13(5-2)12-17-14(15-6-3)16-9-11-19-10-7-8-18-19/h7-8,10,13H,4-6,9,11-12H2,1-3H3,(H2,15,16,17). The molecule has 0 bridgehead atoms. The number of guanidine groups is 1. The average molecular weight is 265 g/mol. The van der Waals surface area contributed by atoms with Gasteiger partial charge in [-0.2, -0.15) is 5.10 Å². The number of nitrogens with zero attached hydrogens (tertiary/aromatic N) is 3. The van der Waals surface area contributed by atoms with Crippen molar-refractivity contribution in [3.05, 3.63) is 18.5 Å². The lowest BCUT2D eigenvalue weighted by molar-refractivity contribution is 0.503. The SMILES string of the molecule is CCNC(=NCC(CC)CC)NCCn1cccn1. The second-order valence-electron chi connectivity index (χ2n) is 4.60. The van der Waals surface area contributed by atoms with Crippen LogP contribution >= 0.6 is 0 Å². The molecule has 0 aliphatic carbocycles.